The number of nitriles is 1. The van der Waals surface area contributed by atoms with Crippen molar-refractivity contribution in [2.75, 3.05) is 49.7 Å². The van der Waals surface area contributed by atoms with Gasteiger partial charge in [-0.05, 0) is 43.5 Å². The number of hydrogen-bond donors (Lipinski definition) is 2. The lowest BCUT2D eigenvalue weighted by molar-refractivity contribution is -0.0698. The number of hydrogen-bond acceptors (Lipinski definition) is 11. The van der Waals surface area contributed by atoms with Crippen LogP contribution in [-0.2, 0) is 0 Å². The third-order valence-corrected chi connectivity index (χ3v) is 10.9. The first-order valence-corrected chi connectivity index (χ1v) is 17.8. The summed E-state index contributed by atoms with van der Waals surface area (Å²) >= 11 is 7.65. The van der Waals surface area contributed by atoms with Gasteiger partial charge in [0.2, 0.25) is 0 Å². The van der Waals surface area contributed by atoms with E-state index in [9.17, 15) is 27.2 Å². The van der Waals surface area contributed by atoms with E-state index in [0.717, 1.165) is 30.4 Å². The molecule has 0 bridgehead atoms. The van der Waals surface area contributed by atoms with Gasteiger partial charge in [-0.15, -0.1) is 11.3 Å². The molecule has 0 radical (unpaired) electrons. The molecule has 6 heterocycles. The lowest BCUT2D eigenvalue weighted by Gasteiger charge is -2.29. The summed E-state index contributed by atoms with van der Waals surface area (Å²) in [6, 6.07) is 6.09. The molecule has 0 amide bonds. The average molecular weight is 787 g/mol. The second-order valence-corrected chi connectivity index (χ2v) is 14.1. The quantitative estimate of drug-likeness (QED) is 0.139. The van der Waals surface area contributed by atoms with E-state index in [2.05, 4.69) is 25.8 Å². The smallest absolute Gasteiger partial charge is 0.457 e. The van der Waals surface area contributed by atoms with Crippen LogP contribution in [0.25, 0.3) is 32.1 Å². The van der Waals surface area contributed by atoms with Crippen LogP contribution in [0.2, 0.25) is 5.02 Å². The largest absolute Gasteiger partial charge is 0.489 e. The number of rotatable bonds is 4. The van der Waals surface area contributed by atoms with Crippen molar-refractivity contribution in [2.45, 2.75) is 43.7 Å². The van der Waals surface area contributed by atoms with E-state index in [4.69, 9.17) is 32.5 Å². The topological polar surface area (TPSA) is 139 Å². The average Bonchev–Trinajstić information content (AvgIpc) is 3.78. The molecule has 2 aromatic carbocycles. The first kappa shape index (κ1) is 37.1. The minimum Gasteiger partial charge on any atom is -0.489 e. The number of aromatic nitrogens is 3. The van der Waals surface area contributed by atoms with E-state index in [-0.39, 0.29) is 89.8 Å². The number of nitrogens with zero attached hydrogens (tertiary/aromatic N) is 6. The standard InChI is InChI=1S/C29H17ClF5N7O2S.C7H12FN/c1-43-28-40-22-19-23(20(30)18(21(22)32)13-4-5-15(31)24-17(13)14(11-36)26(38)45-24)44-10-9-42(27(19)41-28)16(6-7-29(33,34)35)12-3-2-8-39-25(12)37;8-6-4-7-2-1-3-9(7)5-6/h2-5,8,16H,9-10,38H2,1H3,(H2,37,39);6-7H,1-5H2. The van der Waals surface area contributed by atoms with Crippen molar-refractivity contribution in [1.82, 2.24) is 19.9 Å². The summed E-state index contributed by atoms with van der Waals surface area (Å²) in [6.07, 6.45) is -0.679. The zero-order chi connectivity index (χ0) is 38.5. The first-order valence-electron chi connectivity index (χ1n) is 16.6. The number of ether oxygens (including phenoxy) is 2. The Morgan fingerprint density at radius 2 is 1.94 bits per heavy atom. The number of halogens is 7. The van der Waals surface area contributed by atoms with Crippen molar-refractivity contribution in [3.63, 3.8) is 0 Å². The molecule has 5 aromatic rings. The number of nitrogen functional groups attached to an aromatic ring is 2. The van der Waals surface area contributed by atoms with E-state index >= 15 is 4.39 Å². The zero-order valence-corrected chi connectivity index (χ0v) is 29.8. The van der Waals surface area contributed by atoms with Gasteiger partial charge in [0.15, 0.2) is 11.6 Å². The van der Waals surface area contributed by atoms with Gasteiger partial charge in [0, 0.05) is 41.2 Å². The summed E-state index contributed by atoms with van der Waals surface area (Å²) in [6.45, 7) is 1.55. The highest BCUT2D eigenvalue weighted by atomic mass is 35.5. The van der Waals surface area contributed by atoms with Gasteiger partial charge >= 0.3 is 12.2 Å². The number of nitrogens with two attached hydrogens (primary N) is 2. The summed E-state index contributed by atoms with van der Waals surface area (Å²) in [5.41, 5.74) is 11.5. The molecule has 0 saturated carbocycles. The molecule has 18 heteroatoms. The molecule has 10 nitrogen and oxygen atoms in total. The number of anilines is 3. The Morgan fingerprint density at radius 3 is 2.65 bits per heavy atom. The van der Waals surface area contributed by atoms with Crippen LogP contribution in [0, 0.1) is 34.8 Å². The summed E-state index contributed by atoms with van der Waals surface area (Å²) in [7, 11) is 1.22. The predicted molar refractivity (Wildman–Crippen MR) is 193 cm³/mol. The van der Waals surface area contributed by atoms with Crippen molar-refractivity contribution >= 4 is 60.6 Å². The zero-order valence-electron chi connectivity index (χ0n) is 28.3. The van der Waals surface area contributed by atoms with Crippen LogP contribution < -0.4 is 25.8 Å². The van der Waals surface area contributed by atoms with Crippen LogP contribution in [0.1, 0.15) is 36.4 Å². The van der Waals surface area contributed by atoms with E-state index in [1.807, 2.05) is 6.07 Å². The Bertz CT molecular complexity index is 2380. The number of fused-ring (bicyclic) bond motifs is 2. The fraction of sp³-hybridized carbons (Fsp3) is 0.333. The van der Waals surface area contributed by atoms with Gasteiger partial charge in [0.1, 0.15) is 52.9 Å². The molecule has 0 spiro atoms. The van der Waals surface area contributed by atoms with Crippen molar-refractivity contribution in [3.8, 4) is 40.8 Å². The summed E-state index contributed by atoms with van der Waals surface area (Å²) < 4.78 is 95.4. The Balaban J connectivity index is 0.000000433. The molecule has 3 atom stereocenters. The van der Waals surface area contributed by atoms with Crippen LogP contribution in [0.15, 0.2) is 30.5 Å². The van der Waals surface area contributed by atoms with Crippen LogP contribution in [0.3, 0.4) is 0 Å². The molecular formula is C36H29ClF6N8O2S. The van der Waals surface area contributed by atoms with Crippen molar-refractivity contribution in [2.24, 2.45) is 0 Å². The lowest BCUT2D eigenvalue weighted by atomic mass is 9.96. The van der Waals surface area contributed by atoms with Crippen LogP contribution >= 0.6 is 22.9 Å². The predicted octanol–water partition coefficient (Wildman–Crippen LogP) is 7.58. The molecule has 2 fully saturated rings. The minimum atomic E-state index is -4.85. The van der Waals surface area contributed by atoms with Gasteiger partial charge in [-0.25, -0.2) is 18.2 Å². The summed E-state index contributed by atoms with van der Waals surface area (Å²) in [5, 5.41) is 9.47. The Morgan fingerprint density at radius 1 is 1.15 bits per heavy atom. The minimum absolute atomic E-state index is 0.0103. The fourth-order valence-corrected chi connectivity index (χ4v) is 8.46. The molecule has 54 heavy (non-hydrogen) atoms. The normalized spacial score (nSPS) is 18.5. The highest BCUT2D eigenvalue weighted by molar-refractivity contribution is 7.23. The van der Waals surface area contributed by atoms with Crippen molar-refractivity contribution in [3.05, 3.63) is 58.2 Å². The van der Waals surface area contributed by atoms with Crippen LogP contribution in [0.4, 0.5) is 43.0 Å². The number of thiophene rings is 1. The number of methoxy groups -OCH3 is 1. The Kier molecular flexibility index (Phi) is 9.99. The van der Waals surface area contributed by atoms with E-state index in [1.54, 1.807) is 0 Å². The molecule has 280 valence electrons. The highest BCUT2D eigenvalue weighted by Crippen LogP contribution is 2.51. The van der Waals surface area contributed by atoms with Crippen LogP contribution in [0.5, 0.6) is 11.8 Å². The third-order valence-electron chi connectivity index (χ3n) is 9.46. The first-order chi connectivity index (χ1) is 25.8. The molecule has 8 rings (SSSR count). The Hall–Kier alpha value is -5.23. The second kappa shape index (κ2) is 14.5. The second-order valence-electron chi connectivity index (χ2n) is 12.7. The summed E-state index contributed by atoms with van der Waals surface area (Å²) in [5.74, 6) is 1.47. The molecule has 2 saturated heterocycles. The molecule has 3 unspecified atom stereocenters. The van der Waals surface area contributed by atoms with Gasteiger partial charge in [-0.2, -0.15) is 28.4 Å². The maximum Gasteiger partial charge on any atom is 0.457 e. The number of pyridine rings is 1. The fourth-order valence-electron chi connectivity index (χ4n) is 7.18. The molecule has 4 N–H and O–H groups in total. The van der Waals surface area contributed by atoms with Gasteiger partial charge in [-0.1, -0.05) is 29.7 Å². The SMILES string of the molecule is COc1nc2c3c(c(Cl)c(-c4ccc(F)c5sc(N)c(C#N)c45)c(F)c3n1)OCCN2C(C#CC(F)(F)F)c1cccnc1N.FC1CC2CCCN2C1. The van der Waals surface area contributed by atoms with Crippen molar-refractivity contribution in [1.29, 1.82) is 5.26 Å². The molecule has 3 aromatic heterocycles. The third kappa shape index (κ3) is 6.72. The van der Waals surface area contributed by atoms with E-state index in [1.165, 1.54) is 55.2 Å². The van der Waals surface area contributed by atoms with Gasteiger partial charge in [0.05, 0.1) is 34.3 Å². The van der Waals surface area contributed by atoms with Crippen molar-refractivity contribution < 1.29 is 35.8 Å². The molecule has 3 aliphatic heterocycles. The molecule has 3 aliphatic rings. The van der Waals surface area contributed by atoms with E-state index in [0.29, 0.717) is 12.6 Å². The van der Waals surface area contributed by atoms with Gasteiger partial charge in [-0.3, -0.25) is 4.90 Å². The molecular weight excluding hydrogens is 758 g/mol. The molecule has 0 aliphatic carbocycles. The Labute approximate surface area is 313 Å². The van der Waals surface area contributed by atoms with Gasteiger partial charge in [0.25, 0.3) is 0 Å². The van der Waals surface area contributed by atoms with E-state index < -0.39 is 30.0 Å². The highest BCUT2D eigenvalue weighted by Gasteiger charge is 2.36. The maximum atomic E-state index is 16.8. The monoisotopic (exact) mass is 786 g/mol. The lowest BCUT2D eigenvalue weighted by Crippen LogP contribution is -2.32. The van der Waals surface area contributed by atoms with Crippen LogP contribution in [-0.4, -0.2) is 71.6 Å². The number of alkyl halides is 4. The maximum absolute atomic E-state index is 16.8. The van der Waals surface area contributed by atoms with Gasteiger partial charge < -0.3 is 25.8 Å². The summed E-state index contributed by atoms with van der Waals surface area (Å²) in [4.78, 5) is 16.2. The number of benzene rings is 2.